The van der Waals surface area contributed by atoms with E-state index in [-0.39, 0.29) is 6.10 Å². The van der Waals surface area contributed by atoms with Crippen LogP contribution in [0.3, 0.4) is 0 Å². The van der Waals surface area contributed by atoms with Crippen LogP contribution in [0.15, 0.2) is 67.0 Å². The number of nitrogen functional groups attached to an aromatic ring is 1. The molecule has 4 aromatic rings. The minimum absolute atomic E-state index is 0.130. The Morgan fingerprint density at radius 1 is 1.08 bits per heavy atom. The van der Waals surface area contributed by atoms with Gasteiger partial charge in [0.15, 0.2) is 0 Å². The van der Waals surface area contributed by atoms with Crippen molar-refractivity contribution >= 4 is 28.0 Å². The Kier molecular flexibility index (Phi) is 6.83. The molecule has 8 nitrogen and oxygen atoms in total. The first-order valence-electron chi connectivity index (χ1n) is 12.0. The third kappa shape index (κ3) is 5.32. The smallest absolute Gasteiger partial charge is 0.213 e. The van der Waals surface area contributed by atoms with Crippen molar-refractivity contribution < 1.29 is 9.47 Å². The van der Waals surface area contributed by atoms with E-state index in [2.05, 4.69) is 33.3 Å². The van der Waals surface area contributed by atoms with E-state index in [1.54, 1.807) is 18.5 Å². The van der Waals surface area contributed by atoms with E-state index in [4.69, 9.17) is 15.2 Å². The summed E-state index contributed by atoms with van der Waals surface area (Å²) in [7, 11) is 2.12. The number of ether oxygens (including phenoxy) is 2. The van der Waals surface area contributed by atoms with E-state index < -0.39 is 0 Å². The zero-order valence-electron chi connectivity index (χ0n) is 20.1. The maximum absolute atomic E-state index is 9.71. The second-order valence-electron chi connectivity index (χ2n) is 8.97. The molecule has 2 aromatic heterocycles. The molecule has 0 saturated carbocycles. The van der Waals surface area contributed by atoms with E-state index in [0.29, 0.717) is 40.7 Å². The topological polar surface area (TPSA) is 109 Å². The zero-order chi connectivity index (χ0) is 24.9. The Morgan fingerprint density at radius 2 is 1.89 bits per heavy atom. The summed E-state index contributed by atoms with van der Waals surface area (Å²) in [5.74, 6) is 1.14. The highest BCUT2D eigenvalue weighted by molar-refractivity contribution is 5.98. The number of nitrogens with one attached hydrogen (secondary N) is 1. The molecule has 3 heterocycles. The number of nitriles is 1. The number of nitrogens with two attached hydrogens (primary N) is 1. The van der Waals surface area contributed by atoms with Gasteiger partial charge in [-0.05, 0) is 37.6 Å². The molecule has 0 radical (unpaired) electrons. The lowest BCUT2D eigenvalue weighted by molar-refractivity contribution is 0.115. The van der Waals surface area contributed by atoms with Crippen LogP contribution in [-0.2, 0) is 6.61 Å². The molecule has 3 N–H and O–H groups in total. The molecule has 1 saturated heterocycles. The number of anilines is 3. The van der Waals surface area contributed by atoms with Crippen LogP contribution in [0.25, 0.3) is 10.9 Å². The Balaban J connectivity index is 1.35. The maximum atomic E-state index is 9.71. The molecule has 1 aliphatic rings. The maximum Gasteiger partial charge on any atom is 0.213 e. The quantitative estimate of drug-likeness (QED) is 0.360. The first-order chi connectivity index (χ1) is 17.6. The third-order valence-electron chi connectivity index (χ3n) is 6.31. The van der Waals surface area contributed by atoms with Crippen LogP contribution < -0.4 is 20.5 Å². The largest absolute Gasteiger partial charge is 0.488 e. The monoisotopic (exact) mass is 480 g/mol. The minimum atomic E-state index is 0.130. The van der Waals surface area contributed by atoms with Gasteiger partial charge in [-0.1, -0.05) is 30.3 Å². The van der Waals surface area contributed by atoms with Gasteiger partial charge in [-0.25, -0.2) is 4.98 Å². The van der Waals surface area contributed by atoms with Crippen molar-refractivity contribution in [1.82, 2.24) is 14.9 Å². The van der Waals surface area contributed by atoms with Crippen LogP contribution in [0.4, 0.5) is 17.1 Å². The molecule has 1 aliphatic heterocycles. The lowest BCUT2D eigenvalue weighted by Crippen LogP contribution is -2.35. The molecule has 2 aromatic carbocycles. The van der Waals surface area contributed by atoms with Crippen LogP contribution >= 0.6 is 0 Å². The van der Waals surface area contributed by atoms with Crippen LogP contribution in [0.2, 0.25) is 0 Å². The fourth-order valence-electron chi connectivity index (χ4n) is 4.26. The summed E-state index contributed by atoms with van der Waals surface area (Å²) in [5, 5.41) is 13.8. The number of fused-ring (bicyclic) bond motifs is 1. The van der Waals surface area contributed by atoms with Crippen LogP contribution in [0.1, 0.15) is 24.0 Å². The molecule has 0 aliphatic carbocycles. The molecule has 0 spiro atoms. The van der Waals surface area contributed by atoms with Crippen LogP contribution in [0, 0.1) is 11.3 Å². The number of aromatic nitrogens is 2. The van der Waals surface area contributed by atoms with Gasteiger partial charge in [0.05, 0.1) is 34.3 Å². The highest BCUT2D eigenvalue weighted by atomic mass is 16.5. The number of pyridine rings is 2. The molecule has 0 atom stereocenters. The van der Waals surface area contributed by atoms with Gasteiger partial charge in [0.25, 0.3) is 0 Å². The number of hydrogen-bond acceptors (Lipinski definition) is 8. The lowest BCUT2D eigenvalue weighted by Gasteiger charge is -2.29. The molecule has 8 heteroatoms. The van der Waals surface area contributed by atoms with Crippen LogP contribution in [-0.4, -0.2) is 41.1 Å². The second kappa shape index (κ2) is 10.5. The molecular weight excluding hydrogens is 452 g/mol. The SMILES string of the molecule is CN1CCC(Oc2cc3ncc(C#N)c(Nc4ccc(OCc5ccccc5)nc4)c3cc2N)CC1. The molecule has 1 fully saturated rings. The Hall–Kier alpha value is -4.35. The molecule has 182 valence electrons. The summed E-state index contributed by atoms with van der Waals surface area (Å²) in [4.78, 5) is 11.2. The fourth-order valence-corrected chi connectivity index (χ4v) is 4.26. The molecule has 36 heavy (non-hydrogen) atoms. The third-order valence-corrected chi connectivity index (χ3v) is 6.31. The van der Waals surface area contributed by atoms with E-state index in [1.807, 2.05) is 48.5 Å². The number of nitrogens with zero attached hydrogens (tertiary/aromatic N) is 4. The fraction of sp³-hybridized carbons (Fsp3) is 0.250. The molecule has 0 unspecified atom stereocenters. The van der Waals surface area contributed by atoms with E-state index >= 15 is 0 Å². The number of hydrogen-bond donors (Lipinski definition) is 2. The number of benzene rings is 2. The number of rotatable bonds is 7. The minimum Gasteiger partial charge on any atom is -0.488 e. The van der Waals surface area contributed by atoms with Crippen molar-refractivity contribution in [2.24, 2.45) is 0 Å². The summed E-state index contributed by atoms with van der Waals surface area (Å²) in [6.07, 6.45) is 5.28. The van der Waals surface area contributed by atoms with Crippen LogP contribution in [0.5, 0.6) is 11.6 Å². The Labute approximate surface area is 210 Å². The first kappa shape index (κ1) is 23.4. The average Bonchev–Trinajstić information content (AvgIpc) is 2.91. The lowest BCUT2D eigenvalue weighted by atomic mass is 10.1. The van der Waals surface area contributed by atoms with Crippen molar-refractivity contribution in [1.29, 1.82) is 5.26 Å². The van der Waals surface area contributed by atoms with Crippen molar-refractivity contribution in [3.8, 4) is 17.7 Å². The van der Waals surface area contributed by atoms with Gasteiger partial charge in [-0.15, -0.1) is 0 Å². The molecular formula is C28H28N6O2. The Bertz CT molecular complexity index is 1380. The zero-order valence-corrected chi connectivity index (χ0v) is 20.1. The average molecular weight is 481 g/mol. The van der Waals surface area contributed by atoms with Gasteiger partial charge in [-0.2, -0.15) is 5.26 Å². The van der Waals surface area contributed by atoms with Gasteiger partial charge >= 0.3 is 0 Å². The van der Waals surface area contributed by atoms with Crippen molar-refractivity contribution in [2.45, 2.75) is 25.6 Å². The highest BCUT2D eigenvalue weighted by Crippen LogP contribution is 2.35. The van der Waals surface area contributed by atoms with Crippen molar-refractivity contribution in [2.75, 3.05) is 31.2 Å². The summed E-state index contributed by atoms with van der Waals surface area (Å²) in [5.41, 5.74) is 10.4. The van der Waals surface area contributed by atoms with E-state index in [1.165, 1.54) is 0 Å². The second-order valence-corrected chi connectivity index (χ2v) is 8.97. The highest BCUT2D eigenvalue weighted by Gasteiger charge is 2.20. The number of piperidine rings is 1. The van der Waals surface area contributed by atoms with Crippen molar-refractivity contribution in [3.05, 3.63) is 78.1 Å². The Morgan fingerprint density at radius 3 is 2.61 bits per heavy atom. The standard InChI is InChI=1S/C28H28N6O2/c1-34-11-9-22(10-12-34)36-26-14-25-23(13-24(26)30)28(20(15-29)16-31-25)33-21-7-8-27(32-17-21)35-18-19-5-3-2-4-6-19/h2-8,13-14,16-17,22H,9-12,18,30H2,1H3,(H,31,33). The normalized spacial score (nSPS) is 14.3. The summed E-state index contributed by atoms with van der Waals surface area (Å²) in [6, 6.07) is 19.5. The summed E-state index contributed by atoms with van der Waals surface area (Å²) in [6.45, 7) is 2.44. The van der Waals surface area contributed by atoms with E-state index in [0.717, 1.165) is 42.6 Å². The first-order valence-corrected chi connectivity index (χ1v) is 12.0. The summed E-state index contributed by atoms with van der Waals surface area (Å²) >= 11 is 0. The molecule has 5 rings (SSSR count). The van der Waals surface area contributed by atoms with Crippen molar-refractivity contribution in [3.63, 3.8) is 0 Å². The number of likely N-dealkylation sites (tertiary alicyclic amines) is 1. The van der Waals surface area contributed by atoms with Gasteiger partial charge in [0, 0.05) is 36.8 Å². The van der Waals surface area contributed by atoms with Gasteiger partial charge in [-0.3, -0.25) is 4.98 Å². The molecule has 0 bridgehead atoms. The van der Waals surface area contributed by atoms with E-state index in [9.17, 15) is 5.26 Å². The predicted octanol–water partition coefficient (Wildman–Crippen LogP) is 4.88. The molecule has 0 amide bonds. The van der Waals surface area contributed by atoms with Gasteiger partial charge in [0.2, 0.25) is 5.88 Å². The predicted molar refractivity (Wildman–Crippen MR) is 140 cm³/mol. The summed E-state index contributed by atoms with van der Waals surface area (Å²) < 4.78 is 12.0. The van der Waals surface area contributed by atoms with Gasteiger partial charge < -0.3 is 25.4 Å². The van der Waals surface area contributed by atoms with Gasteiger partial charge in [0.1, 0.15) is 24.5 Å².